The van der Waals surface area contributed by atoms with E-state index in [0.717, 1.165) is 29.5 Å². The summed E-state index contributed by atoms with van der Waals surface area (Å²) in [6.45, 7) is 7.69. The van der Waals surface area contributed by atoms with Gasteiger partial charge in [-0.2, -0.15) is 0 Å². The molecule has 1 rings (SSSR count). The number of hydrogen-bond acceptors (Lipinski definition) is 3. The van der Waals surface area contributed by atoms with E-state index >= 15 is 0 Å². The van der Waals surface area contributed by atoms with Gasteiger partial charge in [0.25, 0.3) is 0 Å². The van der Waals surface area contributed by atoms with Gasteiger partial charge in [0.2, 0.25) is 0 Å². The lowest BCUT2D eigenvalue weighted by molar-refractivity contribution is 0.0527. The Balaban J connectivity index is 2.13. The summed E-state index contributed by atoms with van der Waals surface area (Å²) in [6, 6.07) is 5.73. The molecular weight excluding hydrogens is 356 g/mol. The Morgan fingerprint density at radius 1 is 1.33 bits per heavy atom. The molecule has 0 aliphatic rings. The summed E-state index contributed by atoms with van der Waals surface area (Å²) in [4.78, 5) is 11.4. The highest BCUT2D eigenvalue weighted by atomic mass is 79.9. The van der Waals surface area contributed by atoms with Crippen molar-refractivity contribution < 1.29 is 9.53 Å². The van der Waals surface area contributed by atoms with Gasteiger partial charge in [-0.05, 0) is 51.4 Å². The number of carbonyl (C=O) groups excluding carboxylic acids is 1. The van der Waals surface area contributed by atoms with Gasteiger partial charge in [-0.15, -0.1) is 0 Å². The number of amides is 1. The van der Waals surface area contributed by atoms with Crippen LogP contribution in [0.4, 0.5) is 4.79 Å². The highest BCUT2D eigenvalue weighted by Gasteiger charge is 2.15. The van der Waals surface area contributed by atoms with E-state index in [4.69, 9.17) is 16.3 Å². The summed E-state index contributed by atoms with van der Waals surface area (Å²) in [6.07, 6.45) is 0.465. The first-order valence-electron chi connectivity index (χ1n) is 6.89. The van der Waals surface area contributed by atoms with E-state index in [-0.39, 0.29) is 6.09 Å². The molecule has 21 heavy (non-hydrogen) atoms. The van der Waals surface area contributed by atoms with Crippen molar-refractivity contribution in [3.8, 4) is 0 Å². The summed E-state index contributed by atoms with van der Waals surface area (Å²) in [5.41, 5.74) is 0.697. The third kappa shape index (κ3) is 8.29. The van der Waals surface area contributed by atoms with Crippen molar-refractivity contribution in [2.24, 2.45) is 0 Å². The van der Waals surface area contributed by atoms with E-state index in [2.05, 4.69) is 26.6 Å². The summed E-state index contributed by atoms with van der Waals surface area (Å²) in [5.74, 6) is 0. The molecule has 0 saturated carbocycles. The van der Waals surface area contributed by atoms with Gasteiger partial charge in [0, 0.05) is 22.6 Å². The number of alkyl carbamates (subject to hydrolysis) is 1. The third-order valence-electron chi connectivity index (χ3n) is 2.53. The summed E-state index contributed by atoms with van der Waals surface area (Å²) in [7, 11) is 0. The fraction of sp³-hybridized carbons (Fsp3) is 0.533. The van der Waals surface area contributed by atoms with E-state index in [9.17, 15) is 4.79 Å². The Bertz CT molecular complexity index is 475. The maximum atomic E-state index is 11.4. The summed E-state index contributed by atoms with van der Waals surface area (Å²) < 4.78 is 6.15. The molecule has 1 aromatic carbocycles. The van der Waals surface area contributed by atoms with E-state index in [1.165, 1.54) is 0 Å². The molecule has 6 heteroatoms. The normalized spacial score (nSPS) is 11.3. The van der Waals surface area contributed by atoms with Crippen LogP contribution >= 0.6 is 27.5 Å². The first-order chi connectivity index (χ1) is 9.78. The van der Waals surface area contributed by atoms with Crippen LogP contribution in [0.1, 0.15) is 32.8 Å². The predicted octanol–water partition coefficient (Wildman–Crippen LogP) is 4.11. The van der Waals surface area contributed by atoms with Gasteiger partial charge in [-0.25, -0.2) is 4.79 Å². The monoisotopic (exact) mass is 376 g/mol. The Morgan fingerprint density at radius 3 is 2.67 bits per heavy atom. The summed E-state index contributed by atoms with van der Waals surface area (Å²) in [5, 5.41) is 6.76. The van der Waals surface area contributed by atoms with Gasteiger partial charge in [0.15, 0.2) is 0 Å². The number of hydrogen-bond donors (Lipinski definition) is 2. The van der Waals surface area contributed by atoms with Crippen molar-refractivity contribution in [2.45, 2.75) is 39.3 Å². The molecule has 0 atom stereocenters. The minimum Gasteiger partial charge on any atom is -0.444 e. The van der Waals surface area contributed by atoms with E-state index < -0.39 is 5.60 Å². The van der Waals surface area contributed by atoms with Crippen molar-refractivity contribution in [2.75, 3.05) is 13.1 Å². The molecule has 0 radical (unpaired) electrons. The lowest BCUT2D eigenvalue weighted by atomic mass is 10.2. The summed E-state index contributed by atoms with van der Waals surface area (Å²) >= 11 is 9.37. The molecule has 1 amide bonds. The molecule has 0 unspecified atom stereocenters. The first kappa shape index (κ1) is 18.3. The van der Waals surface area contributed by atoms with Crippen LogP contribution in [-0.2, 0) is 11.3 Å². The second-order valence-corrected chi connectivity index (χ2v) is 6.99. The molecule has 4 nitrogen and oxygen atoms in total. The zero-order valence-corrected chi connectivity index (χ0v) is 15.0. The lowest BCUT2D eigenvalue weighted by Gasteiger charge is -2.19. The molecule has 118 valence electrons. The largest absolute Gasteiger partial charge is 0.444 e. The van der Waals surface area contributed by atoms with Crippen molar-refractivity contribution in [3.63, 3.8) is 0 Å². The van der Waals surface area contributed by atoms with Crippen LogP contribution in [0.15, 0.2) is 22.7 Å². The van der Waals surface area contributed by atoms with Gasteiger partial charge >= 0.3 is 6.09 Å². The lowest BCUT2D eigenvalue weighted by Crippen LogP contribution is -2.33. The second-order valence-electron chi connectivity index (χ2n) is 5.69. The topological polar surface area (TPSA) is 50.4 Å². The van der Waals surface area contributed by atoms with Crippen molar-refractivity contribution in [1.82, 2.24) is 10.6 Å². The Labute approximate surface area is 139 Å². The molecule has 0 aliphatic heterocycles. The Kier molecular flexibility index (Phi) is 7.49. The van der Waals surface area contributed by atoms with Crippen LogP contribution < -0.4 is 10.6 Å². The molecule has 2 N–H and O–H groups in total. The smallest absolute Gasteiger partial charge is 0.407 e. The number of ether oxygens (including phenoxy) is 1. The Morgan fingerprint density at radius 2 is 2.05 bits per heavy atom. The van der Waals surface area contributed by atoms with Gasteiger partial charge in [-0.1, -0.05) is 33.6 Å². The van der Waals surface area contributed by atoms with Crippen molar-refractivity contribution in [1.29, 1.82) is 0 Å². The van der Waals surface area contributed by atoms with E-state index in [0.29, 0.717) is 11.6 Å². The molecule has 0 aliphatic carbocycles. The van der Waals surface area contributed by atoms with Crippen LogP contribution in [0, 0.1) is 0 Å². The number of rotatable bonds is 6. The maximum absolute atomic E-state index is 11.4. The molecule has 0 saturated heterocycles. The fourth-order valence-electron chi connectivity index (χ4n) is 1.61. The molecular formula is C15H22BrClN2O2. The van der Waals surface area contributed by atoms with Gasteiger partial charge in [-0.3, -0.25) is 0 Å². The SMILES string of the molecule is CC(C)(C)OC(=O)NCCCNCc1ccc(Cl)cc1Br. The molecule has 0 bridgehead atoms. The number of halogens is 2. The standard InChI is InChI=1S/C15H22BrClN2O2/c1-15(2,3)21-14(20)19-8-4-7-18-10-11-5-6-12(17)9-13(11)16/h5-6,9,18H,4,7-8,10H2,1-3H3,(H,19,20). The highest BCUT2D eigenvalue weighted by Crippen LogP contribution is 2.21. The van der Waals surface area contributed by atoms with Crippen LogP contribution in [-0.4, -0.2) is 24.8 Å². The predicted molar refractivity (Wildman–Crippen MR) is 89.7 cm³/mol. The number of nitrogens with one attached hydrogen (secondary N) is 2. The quantitative estimate of drug-likeness (QED) is 0.734. The minimum absolute atomic E-state index is 0.372. The second kappa shape index (κ2) is 8.61. The first-order valence-corrected chi connectivity index (χ1v) is 8.06. The van der Waals surface area contributed by atoms with Crippen LogP contribution in [0.25, 0.3) is 0 Å². The molecule has 0 heterocycles. The van der Waals surface area contributed by atoms with E-state index in [1.807, 2.05) is 39.0 Å². The van der Waals surface area contributed by atoms with Crippen molar-refractivity contribution in [3.05, 3.63) is 33.3 Å². The van der Waals surface area contributed by atoms with E-state index in [1.54, 1.807) is 0 Å². The minimum atomic E-state index is -0.455. The Hall–Kier alpha value is -0.780. The number of benzene rings is 1. The maximum Gasteiger partial charge on any atom is 0.407 e. The average molecular weight is 378 g/mol. The van der Waals surface area contributed by atoms with Gasteiger partial charge < -0.3 is 15.4 Å². The van der Waals surface area contributed by atoms with Crippen LogP contribution in [0.5, 0.6) is 0 Å². The van der Waals surface area contributed by atoms with Gasteiger partial charge in [0.05, 0.1) is 0 Å². The molecule has 1 aromatic rings. The zero-order chi connectivity index (χ0) is 15.9. The number of carbonyl (C=O) groups is 1. The molecule has 0 fully saturated rings. The highest BCUT2D eigenvalue weighted by molar-refractivity contribution is 9.10. The van der Waals surface area contributed by atoms with Crippen LogP contribution in [0.2, 0.25) is 5.02 Å². The third-order valence-corrected chi connectivity index (χ3v) is 3.50. The zero-order valence-electron chi connectivity index (χ0n) is 12.6. The van der Waals surface area contributed by atoms with Gasteiger partial charge in [0.1, 0.15) is 5.60 Å². The average Bonchev–Trinajstić information content (AvgIpc) is 2.33. The van der Waals surface area contributed by atoms with Crippen molar-refractivity contribution >= 4 is 33.6 Å². The van der Waals surface area contributed by atoms with Crippen LogP contribution in [0.3, 0.4) is 0 Å². The molecule has 0 aromatic heterocycles. The molecule has 0 spiro atoms. The fourth-order valence-corrected chi connectivity index (χ4v) is 2.43.